The van der Waals surface area contributed by atoms with Gasteiger partial charge in [-0.15, -0.1) is 0 Å². The van der Waals surface area contributed by atoms with Gasteiger partial charge >= 0.3 is 0 Å². The molecule has 0 nitrogen and oxygen atoms in total. The molecule has 0 aromatic heterocycles. The van der Waals surface area contributed by atoms with Crippen LogP contribution in [0.1, 0.15) is 47.0 Å². The maximum atomic E-state index is 2.28. The van der Waals surface area contributed by atoms with E-state index in [2.05, 4.69) is 45.9 Å². The predicted octanol–water partition coefficient (Wildman–Crippen LogP) is 4.34. The van der Waals surface area contributed by atoms with Crippen molar-refractivity contribution in [2.45, 2.75) is 47.0 Å². The zero-order chi connectivity index (χ0) is 9.40. The molecule has 70 valence electrons. The second-order valence-electron chi connectivity index (χ2n) is 3.53. The molecule has 12 heavy (non-hydrogen) atoms. The van der Waals surface area contributed by atoms with Gasteiger partial charge in [-0.25, -0.2) is 0 Å². The average Bonchev–Trinajstić information content (AvgIpc) is 2.04. The first-order valence-electron chi connectivity index (χ1n) is 4.95. The molecule has 0 radical (unpaired) electrons. The second-order valence-corrected chi connectivity index (χ2v) is 3.53. The summed E-state index contributed by atoms with van der Waals surface area (Å²) >= 11 is 0. The monoisotopic (exact) mass is 166 g/mol. The van der Waals surface area contributed by atoms with Gasteiger partial charge in [0.2, 0.25) is 0 Å². The van der Waals surface area contributed by atoms with Gasteiger partial charge in [-0.1, -0.05) is 30.7 Å². The number of hydrogen-bond acceptors (Lipinski definition) is 0. The molecule has 0 aliphatic carbocycles. The van der Waals surface area contributed by atoms with Gasteiger partial charge in [-0.05, 0) is 46.0 Å². The quantitative estimate of drug-likeness (QED) is 0.533. The Labute approximate surface area is 77.4 Å². The Balaban J connectivity index is 3.43. The van der Waals surface area contributed by atoms with Gasteiger partial charge in [0.1, 0.15) is 0 Å². The Hall–Kier alpha value is -0.520. The maximum Gasteiger partial charge on any atom is -0.0262 e. The van der Waals surface area contributed by atoms with E-state index in [-0.39, 0.29) is 0 Å². The SMILES string of the molecule is CC=CC(C)CCCC(C)=CC. The van der Waals surface area contributed by atoms with Crippen LogP contribution in [0.5, 0.6) is 0 Å². The van der Waals surface area contributed by atoms with Crippen LogP contribution < -0.4 is 0 Å². The van der Waals surface area contributed by atoms with Gasteiger partial charge in [-0.2, -0.15) is 0 Å². The maximum absolute atomic E-state index is 2.28. The van der Waals surface area contributed by atoms with Crippen molar-refractivity contribution < 1.29 is 0 Å². The molecule has 0 aliphatic heterocycles. The molecule has 0 heteroatoms. The van der Waals surface area contributed by atoms with E-state index < -0.39 is 0 Å². The van der Waals surface area contributed by atoms with Crippen LogP contribution in [-0.4, -0.2) is 0 Å². The summed E-state index contributed by atoms with van der Waals surface area (Å²) in [6.07, 6.45) is 10.5. The van der Waals surface area contributed by atoms with E-state index in [1.807, 2.05) is 0 Å². The first-order chi connectivity index (χ1) is 5.70. The average molecular weight is 166 g/mol. The van der Waals surface area contributed by atoms with Crippen molar-refractivity contribution in [3.8, 4) is 0 Å². The molecular formula is C12H22. The van der Waals surface area contributed by atoms with Crippen molar-refractivity contribution in [1.82, 2.24) is 0 Å². The zero-order valence-electron chi connectivity index (χ0n) is 8.93. The molecule has 0 amide bonds. The number of allylic oxidation sites excluding steroid dienone is 4. The molecule has 0 rings (SSSR count). The zero-order valence-corrected chi connectivity index (χ0v) is 8.93. The Kier molecular flexibility index (Phi) is 6.84. The Morgan fingerprint density at radius 3 is 2.50 bits per heavy atom. The van der Waals surface area contributed by atoms with Crippen LogP contribution in [0.15, 0.2) is 23.8 Å². The van der Waals surface area contributed by atoms with Crippen molar-refractivity contribution in [1.29, 1.82) is 0 Å². The molecule has 0 saturated carbocycles. The largest absolute Gasteiger partial charge is 0.0914 e. The smallest absolute Gasteiger partial charge is 0.0262 e. The summed E-state index contributed by atoms with van der Waals surface area (Å²) in [5, 5.41) is 0. The predicted molar refractivity (Wildman–Crippen MR) is 57.3 cm³/mol. The Bertz CT molecular complexity index is 151. The fourth-order valence-corrected chi connectivity index (χ4v) is 1.27. The van der Waals surface area contributed by atoms with E-state index in [1.165, 1.54) is 24.8 Å². The molecule has 1 unspecified atom stereocenters. The lowest BCUT2D eigenvalue weighted by Crippen LogP contribution is -1.89. The van der Waals surface area contributed by atoms with E-state index in [0.29, 0.717) is 0 Å². The highest BCUT2D eigenvalue weighted by Gasteiger charge is 1.96. The standard InChI is InChI=1S/C12H22/c1-5-8-12(4)10-7-9-11(3)6-2/h5-6,8,12H,7,9-10H2,1-4H3. The van der Waals surface area contributed by atoms with E-state index in [1.54, 1.807) is 0 Å². The van der Waals surface area contributed by atoms with E-state index in [9.17, 15) is 0 Å². The number of hydrogen-bond donors (Lipinski definition) is 0. The molecule has 1 atom stereocenters. The summed E-state index contributed by atoms with van der Waals surface area (Å²) in [5.41, 5.74) is 1.52. The van der Waals surface area contributed by atoms with Crippen LogP contribution in [0, 0.1) is 5.92 Å². The van der Waals surface area contributed by atoms with Crippen molar-refractivity contribution in [2.24, 2.45) is 5.92 Å². The summed E-state index contributed by atoms with van der Waals surface area (Å²) in [5.74, 6) is 0.750. The van der Waals surface area contributed by atoms with Gasteiger partial charge in [0.25, 0.3) is 0 Å². The van der Waals surface area contributed by atoms with Crippen molar-refractivity contribution in [3.63, 3.8) is 0 Å². The fourth-order valence-electron chi connectivity index (χ4n) is 1.27. The van der Waals surface area contributed by atoms with Crippen LogP contribution in [0.4, 0.5) is 0 Å². The van der Waals surface area contributed by atoms with Crippen LogP contribution in [0.25, 0.3) is 0 Å². The summed E-state index contributed by atoms with van der Waals surface area (Å²) in [7, 11) is 0. The highest BCUT2D eigenvalue weighted by atomic mass is 14.0. The van der Waals surface area contributed by atoms with Gasteiger partial charge in [0.15, 0.2) is 0 Å². The molecule has 0 aliphatic rings. The summed E-state index contributed by atoms with van der Waals surface area (Å²) in [4.78, 5) is 0. The topological polar surface area (TPSA) is 0 Å². The van der Waals surface area contributed by atoms with Crippen molar-refractivity contribution in [2.75, 3.05) is 0 Å². The fraction of sp³-hybridized carbons (Fsp3) is 0.667. The van der Waals surface area contributed by atoms with Gasteiger partial charge < -0.3 is 0 Å². The summed E-state index contributed by atoms with van der Waals surface area (Å²) in [6, 6.07) is 0. The highest BCUT2D eigenvalue weighted by Crippen LogP contribution is 2.12. The normalized spacial score (nSPS) is 15.5. The molecule has 0 aromatic carbocycles. The van der Waals surface area contributed by atoms with Crippen LogP contribution in [0.2, 0.25) is 0 Å². The number of rotatable bonds is 5. The molecule has 0 heterocycles. The lowest BCUT2D eigenvalue weighted by molar-refractivity contribution is 0.604. The second kappa shape index (κ2) is 7.15. The van der Waals surface area contributed by atoms with Crippen LogP contribution >= 0.6 is 0 Å². The van der Waals surface area contributed by atoms with Gasteiger partial charge in [-0.3, -0.25) is 0 Å². The van der Waals surface area contributed by atoms with Gasteiger partial charge in [0.05, 0.1) is 0 Å². The summed E-state index contributed by atoms with van der Waals surface area (Å²) < 4.78 is 0. The van der Waals surface area contributed by atoms with E-state index in [0.717, 1.165) is 5.92 Å². The third-order valence-electron chi connectivity index (χ3n) is 2.24. The third-order valence-corrected chi connectivity index (χ3v) is 2.24. The highest BCUT2D eigenvalue weighted by molar-refractivity contribution is 4.95. The molecule has 0 fully saturated rings. The Morgan fingerprint density at radius 1 is 1.33 bits per heavy atom. The minimum atomic E-state index is 0.750. The minimum Gasteiger partial charge on any atom is -0.0914 e. The Morgan fingerprint density at radius 2 is 2.00 bits per heavy atom. The lowest BCUT2D eigenvalue weighted by atomic mass is 10.0. The molecule has 0 saturated heterocycles. The first kappa shape index (κ1) is 11.5. The van der Waals surface area contributed by atoms with Crippen molar-refractivity contribution in [3.05, 3.63) is 23.8 Å². The molecule has 0 N–H and O–H groups in total. The molecule has 0 bridgehead atoms. The molecular weight excluding hydrogens is 144 g/mol. The summed E-state index contributed by atoms with van der Waals surface area (Å²) in [6.45, 7) is 8.70. The van der Waals surface area contributed by atoms with Gasteiger partial charge in [0, 0.05) is 0 Å². The third kappa shape index (κ3) is 6.21. The first-order valence-corrected chi connectivity index (χ1v) is 4.95. The van der Waals surface area contributed by atoms with Crippen LogP contribution in [-0.2, 0) is 0 Å². The molecule has 0 spiro atoms. The minimum absolute atomic E-state index is 0.750. The molecule has 0 aromatic rings. The lowest BCUT2D eigenvalue weighted by Gasteiger charge is -2.05. The van der Waals surface area contributed by atoms with E-state index >= 15 is 0 Å². The van der Waals surface area contributed by atoms with Crippen molar-refractivity contribution >= 4 is 0 Å². The van der Waals surface area contributed by atoms with E-state index in [4.69, 9.17) is 0 Å². The van der Waals surface area contributed by atoms with Crippen LogP contribution in [0.3, 0.4) is 0 Å².